The minimum Gasteiger partial charge on any atom is -0.307 e. The highest BCUT2D eigenvalue weighted by atomic mass is 19.1. The summed E-state index contributed by atoms with van der Waals surface area (Å²) in [6.07, 6.45) is 0. The highest BCUT2D eigenvalue weighted by Crippen LogP contribution is 2.51. The molecule has 0 saturated carbocycles. The SMILES string of the molecule is [2H]c1c([2H])c([2H])c(N(c2cc(-c3ccc4ccccc4c3)cc(-c3ccc4ccccc4c3)c2F)c2ccc3ccc4c(N(c5cc(-c6ccc7ccccc7c6)cc(-c6ccc7ccccc7c6)c5F)c5c([2H])c([2H])c([2H])c([2H])c5[2H])ccc5ccc2c3c54)c([2H])c1[2H]. The first-order chi connectivity index (χ1) is 45.6. The van der Waals surface area contributed by atoms with E-state index in [0.717, 1.165) is 54.2 Å². The summed E-state index contributed by atoms with van der Waals surface area (Å²) in [6, 6.07) is 70.0. The fraction of sp³-hybridized carbons (Fsp3) is 0. The number of para-hydroxylation sites is 2. The second kappa shape index (κ2) is 19.9. The molecule has 0 radical (unpaired) electrons. The molecule has 16 aromatic carbocycles. The Bertz CT molecular complexity index is 5480. The van der Waals surface area contributed by atoms with Crippen molar-refractivity contribution in [3.05, 3.63) is 315 Å². The lowest BCUT2D eigenvalue weighted by atomic mass is 9.91. The van der Waals surface area contributed by atoms with E-state index in [2.05, 4.69) is 0 Å². The van der Waals surface area contributed by atoms with Crippen LogP contribution in [0.2, 0.25) is 0 Å². The first kappa shape index (κ1) is 39.5. The average Bonchev–Trinajstić information content (AvgIpc) is 0.714. The Kier molecular flexibility index (Phi) is 9.37. The lowest BCUT2D eigenvalue weighted by molar-refractivity contribution is 0.632. The highest BCUT2D eigenvalue weighted by molar-refractivity contribution is 6.28. The molecule has 0 spiro atoms. The molecule has 0 aromatic heterocycles. The van der Waals surface area contributed by atoms with Gasteiger partial charge in [0.1, 0.15) is 0 Å². The number of hydrogen-bond donors (Lipinski definition) is 0. The van der Waals surface area contributed by atoms with Gasteiger partial charge in [0.2, 0.25) is 0 Å². The molecule has 0 N–H and O–H groups in total. The maximum Gasteiger partial charge on any atom is 0.155 e. The van der Waals surface area contributed by atoms with Gasteiger partial charge >= 0.3 is 0 Å². The molecule has 16 aromatic rings. The molecular weight excluding hydrogens is 1030 g/mol. The fourth-order valence-electron chi connectivity index (χ4n) is 12.4. The lowest BCUT2D eigenvalue weighted by Crippen LogP contribution is -2.14. The summed E-state index contributed by atoms with van der Waals surface area (Å²) in [5, 5.41) is 11.0. The summed E-state index contributed by atoms with van der Waals surface area (Å²) in [4.78, 5) is 2.86. The Hall–Kier alpha value is -10.9. The van der Waals surface area contributed by atoms with Crippen LogP contribution in [-0.2, 0) is 0 Å². The van der Waals surface area contributed by atoms with Gasteiger partial charge in [-0.05, 0) is 183 Å². The molecule has 0 heterocycles. The highest BCUT2D eigenvalue weighted by Gasteiger charge is 2.28. The normalized spacial score (nSPS) is 13.4. The van der Waals surface area contributed by atoms with E-state index in [-0.39, 0.29) is 45.3 Å². The number of hydrogen-bond acceptors (Lipinski definition) is 2. The van der Waals surface area contributed by atoms with Crippen LogP contribution in [0.15, 0.2) is 303 Å². The zero-order valence-electron chi connectivity index (χ0n) is 54.7. The number of benzene rings is 16. The molecule has 0 aliphatic rings. The molecule has 0 aliphatic heterocycles. The lowest BCUT2D eigenvalue weighted by Gasteiger charge is -2.30. The van der Waals surface area contributed by atoms with Crippen molar-refractivity contribution in [2.45, 2.75) is 0 Å². The predicted molar refractivity (Wildman–Crippen MR) is 351 cm³/mol. The van der Waals surface area contributed by atoms with E-state index < -0.39 is 72.1 Å². The molecule has 0 amide bonds. The summed E-state index contributed by atoms with van der Waals surface area (Å²) < 4.78 is 131. The van der Waals surface area contributed by atoms with E-state index in [1.165, 1.54) is 9.80 Å². The van der Waals surface area contributed by atoms with Gasteiger partial charge in [-0.15, -0.1) is 0 Å². The standard InChI is InChI=1S/C80H50F2N2/c81-79-71(63-33-29-53-17-9-13-21-59(53)45-63)47-65(61-31-27-51-15-7-11-19-57(51)43-61)49-75(79)83(67-23-3-1-4-24-67)73-41-37-55-36-40-70-74(42-38-56-35-39-69(73)77(55)78(56)70)84(68-25-5-2-6-26-68)76-50-66(62-32-28-52-16-8-12-20-58(52)44-62)48-72(80(76)82)64-34-30-54-18-10-14-22-60(54)46-64/h1-50H/i1D,2D,3D,4D,5D,6D,23D,24D,25D,26D. The fourth-order valence-corrected chi connectivity index (χ4v) is 12.4. The van der Waals surface area contributed by atoms with Gasteiger partial charge in [0, 0.05) is 33.3 Å². The monoisotopic (exact) mass is 1090 g/mol. The van der Waals surface area contributed by atoms with E-state index in [1.54, 1.807) is 36.4 Å². The third kappa shape index (κ3) is 8.29. The van der Waals surface area contributed by atoms with Crippen LogP contribution in [0.25, 0.3) is 120 Å². The van der Waals surface area contributed by atoms with Crippen molar-refractivity contribution in [3.8, 4) is 44.5 Å². The summed E-state index contributed by atoms with van der Waals surface area (Å²) in [7, 11) is 0. The maximum absolute atomic E-state index is 18.9. The zero-order valence-corrected chi connectivity index (χ0v) is 44.7. The number of nitrogens with zero attached hydrogens (tertiary/aromatic N) is 2. The van der Waals surface area contributed by atoms with E-state index in [4.69, 9.17) is 8.22 Å². The summed E-state index contributed by atoms with van der Waals surface area (Å²) >= 11 is 0. The quantitative estimate of drug-likeness (QED) is 0.126. The first-order valence-electron chi connectivity index (χ1n) is 32.7. The van der Waals surface area contributed by atoms with Gasteiger partial charge in [-0.2, -0.15) is 0 Å². The smallest absolute Gasteiger partial charge is 0.155 e. The molecule has 0 aliphatic carbocycles. The van der Waals surface area contributed by atoms with Crippen LogP contribution in [0, 0.1) is 11.6 Å². The van der Waals surface area contributed by atoms with Crippen LogP contribution in [0.1, 0.15) is 13.7 Å². The number of fused-ring (bicyclic) bond motifs is 4. The van der Waals surface area contributed by atoms with Crippen LogP contribution in [0.3, 0.4) is 0 Å². The third-order valence-corrected chi connectivity index (χ3v) is 16.4. The van der Waals surface area contributed by atoms with Crippen LogP contribution >= 0.6 is 0 Å². The van der Waals surface area contributed by atoms with Gasteiger partial charge in [0.05, 0.1) is 36.5 Å². The van der Waals surface area contributed by atoms with Crippen molar-refractivity contribution >= 4 is 110 Å². The number of rotatable bonds is 10. The van der Waals surface area contributed by atoms with Crippen LogP contribution in [0.5, 0.6) is 0 Å². The first-order valence-corrected chi connectivity index (χ1v) is 27.7. The van der Waals surface area contributed by atoms with Crippen molar-refractivity contribution in [1.29, 1.82) is 0 Å². The van der Waals surface area contributed by atoms with Crippen molar-refractivity contribution in [2.24, 2.45) is 0 Å². The van der Waals surface area contributed by atoms with Gasteiger partial charge < -0.3 is 9.80 Å². The maximum atomic E-state index is 18.9. The molecular formula is C80H50F2N2. The Morgan fingerprint density at radius 2 is 0.560 bits per heavy atom. The van der Waals surface area contributed by atoms with E-state index in [0.29, 0.717) is 54.6 Å². The van der Waals surface area contributed by atoms with Crippen LogP contribution < -0.4 is 9.80 Å². The molecule has 0 saturated heterocycles. The van der Waals surface area contributed by atoms with E-state index in [1.807, 2.05) is 206 Å². The third-order valence-electron chi connectivity index (χ3n) is 16.4. The Labute approximate surface area is 499 Å². The van der Waals surface area contributed by atoms with Gasteiger partial charge in [-0.3, -0.25) is 0 Å². The molecule has 394 valence electrons. The van der Waals surface area contributed by atoms with Gasteiger partial charge in [0.15, 0.2) is 11.6 Å². The van der Waals surface area contributed by atoms with Gasteiger partial charge in [-0.1, -0.05) is 218 Å². The predicted octanol–water partition coefficient (Wildman–Crippen LogP) is 23.1. The summed E-state index contributed by atoms with van der Waals surface area (Å²) in [5.74, 6) is -1.46. The second-order valence-electron chi connectivity index (χ2n) is 21.2. The molecule has 16 rings (SSSR count). The molecule has 4 heteroatoms. The van der Waals surface area contributed by atoms with Crippen LogP contribution in [0.4, 0.5) is 42.9 Å². The Morgan fingerprint density at radius 1 is 0.250 bits per heavy atom. The molecule has 84 heavy (non-hydrogen) atoms. The largest absolute Gasteiger partial charge is 0.307 e. The molecule has 2 nitrogen and oxygen atoms in total. The van der Waals surface area contributed by atoms with Gasteiger partial charge in [-0.25, -0.2) is 8.78 Å². The second-order valence-corrected chi connectivity index (χ2v) is 21.2. The minimum atomic E-state index is -0.732. The minimum absolute atomic E-state index is 0.112. The molecule has 0 fully saturated rings. The molecule has 0 atom stereocenters. The Balaban J connectivity index is 0.988. The van der Waals surface area contributed by atoms with Crippen molar-refractivity contribution in [1.82, 2.24) is 0 Å². The van der Waals surface area contributed by atoms with Gasteiger partial charge in [0.25, 0.3) is 0 Å². The van der Waals surface area contributed by atoms with Crippen molar-refractivity contribution < 1.29 is 22.5 Å². The number of halogens is 2. The summed E-state index contributed by atoms with van der Waals surface area (Å²) in [5.41, 5.74) is 3.76. The van der Waals surface area contributed by atoms with Crippen molar-refractivity contribution in [2.75, 3.05) is 9.80 Å². The van der Waals surface area contributed by atoms with E-state index in [9.17, 15) is 5.48 Å². The van der Waals surface area contributed by atoms with Crippen LogP contribution in [-0.4, -0.2) is 0 Å². The average molecular weight is 1090 g/mol. The number of anilines is 6. The molecule has 0 bridgehead atoms. The summed E-state index contributed by atoms with van der Waals surface area (Å²) in [6.45, 7) is 0. The zero-order chi connectivity index (χ0) is 64.5. The topological polar surface area (TPSA) is 6.48 Å². The molecule has 0 unspecified atom stereocenters. The Morgan fingerprint density at radius 3 is 0.929 bits per heavy atom. The van der Waals surface area contributed by atoms with Crippen molar-refractivity contribution in [3.63, 3.8) is 0 Å². The van der Waals surface area contributed by atoms with E-state index >= 15 is 8.78 Å².